The summed E-state index contributed by atoms with van der Waals surface area (Å²) in [6.45, 7) is 3.96. The minimum absolute atomic E-state index is 0.0457. The predicted octanol–water partition coefficient (Wildman–Crippen LogP) is 3.18. The summed E-state index contributed by atoms with van der Waals surface area (Å²) in [5, 5.41) is 2.83. The Morgan fingerprint density at radius 1 is 1.07 bits per heavy atom. The second-order valence-corrected chi connectivity index (χ2v) is 7.24. The van der Waals surface area contributed by atoms with Gasteiger partial charge in [-0.25, -0.2) is 0 Å². The Kier molecular flexibility index (Phi) is 6.61. The number of likely N-dealkylation sites (N-methyl/N-ethyl adjacent to an activating group) is 1. The first kappa shape index (κ1) is 19.8. The fourth-order valence-electron chi connectivity index (χ4n) is 3.22. The van der Waals surface area contributed by atoms with Crippen molar-refractivity contribution < 1.29 is 9.59 Å². The van der Waals surface area contributed by atoms with Crippen LogP contribution in [-0.2, 0) is 9.59 Å². The highest BCUT2D eigenvalue weighted by Gasteiger charge is 2.19. The lowest BCUT2D eigenvalue weighted by molar-refractivity contribution is -0.134. The maximum Gasteiger partial charge on any atom is 0.243 e. The number of rotatable bonds is 6. The molecular weight excluding hydrogens is 350 g/mol. The van der Waals surface area contributed by atoms with Gasteiger partial charge in [-0.1, -0.05) is 54.1 Å². The van der Waals surface area contributed by atoms with Crippen molar-refractivity contribution in [1.82, 2.24) is 9.80 Å². The van der Waals surface area contributed by atoms with E-state index < -0.39 is 0 Å². The number of benzene rings is 2. The summed E-state index contributed by atoms with van der Waals surface area (Å²) >= 11 is 0. The third-order valence-electron chi connectivity index (χ3n) is 4.94. The number of nitrogens with one attached hydrogen (secondary N) is 1. The van der Waals surface area contributed by atoms with Gasteiger partial charge in [-0.2, -0.15) is 0 Å². The van der Waals surface area contributed by atoms with Gasteiger partial charge in [0.25, 0.3) is 0 Å². The van der Waals surface area contributed by atoms with Crippen LogP contribution in [0.15, 0.2) is 60.7 Å². The molecule has 0 radical (unpaired) electrons. The molecule has 3 rings (SSSR count). The van der Waals surface area contributed by atoms with Gasteiger partial charge >= 0.3 is 0 Å². The summed E-state index contributed by atoms with van der Waals surface area (Å²) in [7, 11) is 1.67. The molecule has 0 atom stereocenters. The Morgan fingerprint density at radius 3 is 2.43 bits per heavy atom. The van der Waals surface area contributed by atoms with Gasteiger partial charge in [-0.15, -0.1) is 0 Å². The van der Waals surface area contributed by atoms with E-state index in [1.807, 2.05) is 49.4 Å². The standard InChI is InChI=1S/C23H27N3O2/c1-18-8-10-21(11-9-18)24-22(27)16-25(2)23(28)17-26-14-12-20(13-15-26)19-6-4-3-5-7-19/h3-12H,13-17H2,1-2H3,(H,24,27). The van der Waals surface area contributed by atoms with E-state index in [1.165, 1.54) is 16.0 Å². The molecule has 0 aliphatic carbocycles. The number of carbonyl (C=O) groups is 2. The lowest BCUT2D eigenvalue weighted by Gasteiger charge is -2.27. The van der Waals surface area contributed by atoms with Crippen molar-refractivity contribution in [2.75, 3.05) is 38.5 Å². The zero-order valence-electron chi connectivity index (χ0n) is 16.5. The Labute approximate surface area is 166 Å². The molecule has 0 unspecified atom stereocenters. The quantitative estimate of drug-likeness (QED) is 0.841. The summed E-state index contributed by atoms with van der Waals surface area (Å²) in [6, 6.07) is 17.9. The number of aryl methyl sites for hydroxylation is 1. The molecule has 0 fully saturated rings. The fourth-order valence-corrected chi connectivity index (χ4v) is 3.22. The number of hydrogen-bond donors (Lipinski definition) is 1. The second kappa shape index (κ2) is 9.33. The molecule has 0 saturated carbocycles. The molecule has 146 valence electrons. The third kappa shape index (κ3) is 5.54. The van der Waals surface area contributed by atoms with Crippen LogP contribution in [0.2, 0.25) is 0 Å². The van der Waals surface area contributed by atoms with Gasteiger partial charge in [-0.05, 0) is 36.6 Å². The van der Waals surface area contributed by atoms with Crippen molar-refractivity contribution >= 4 is 23.1 Å². The molecule has 28 heavy (non-hydrogen) atoms. The molecule has 1 N–H and O–H groups in total. The molecule has 0 bridgehead atoms. The highest BCUT2D eigenvalue weighted by atomic mass is 16.2. The van der Waals surface area contributed by atoms with Gasteiger partial charge < -0.3 is 10.2 Å². The number of hydrogen-bond acceptors (Lipinski definition) is 3. The maximum absolute atomic E-state index is 12.5. The van der Waals surface area contributed by atoms with Crippen molar-refractivity contribution in [2.45, 2.75) is 13.3 Å². The van der Waals surface area contributed by atoms with Crippen LogP contribution in [0, 0.1) is 6.92 Å². The molecule has 1 aliphatic heterocycles. The highest BCUT2D eigenvalue weighted by Crippen LogP contribution is 2.21. The average molecular weight is 377 g/mol. The van der Waals surface area contributed by atoms with Crippen molar-refractivity contribution in [3.05, 3.63) is 71.8 Å². The summed E-state index contributed by atoms with van der Waals surface area (Å²) in [6.07, 6.45) is 3.12. The SMILES string of the molecule is Cc1ccc(NC(=O)CN(C)C(=O)CN2CC=C(c3ccccc3)CC2)cc1. The molecule has 0 saturated heterocycles. The fraction of sp³-hybridized carbons (Fsp3) is 0.304. The van der Waals surface area contributed by atoms with Gasteiger partial charge in [0.2, 0.25) is 11.8 Å². The monoisotopic (exact) mass is 377 g/mol. The molecule has 2 aromatic rings. The molecule has 5 heteroatoms. The number of amides is 2. The minimum Gasteiger partial charge on any atom is -0.335 e. The lowest BCUT2D eigenvalue weighted by atomic mass is 10.00. The van der Waals surface area contributed by atoms with Crippen LogP contribution in [0.25, 0.3) is 5.57 Å². The first-order valence-electron chi connectivity index (χ1n) is 9.58. The van der Waals surface area contributed by atoms with Gasteiger partial charge in [0.15, 0.2) is 0 Å². The van der Waals surface area contributed by atoms with Gasteiger partial charge in [0.1, 0.15) is 0 Å². The van der Waals surface area contributed by atoms with Crippen LogP contribution in [0.1, 0.15) is 17.5 Å². The van der Waals surface area contributed by atoms with Crippen LogP contribution >= 0.6 is 0 Å². The predicted molar refractivity (Wildman–Crippen MR) is 113 cm³/mol. The molecule has 2 aromatic carbocycles. The smallest absolute Gasteiger partial charge is 0.243 e. The normalized spacial score (nSPS) is 14.3. The van der Waals surface area contributed by atoms with E-state index in [1.54, 1.807) is 7.05 Å². The van der Waals surface area contributed by atoms with Gasteiger partial charge in [-0.3, -0.25) is 14.5 Å². The zero-order valence-corrected chi connectivity index (χ0v) is 16.5. The van der Waals surface area contributed by atoms with E-state index in [2.05, 4.69) is 28.4 Å². The summed E-state index contributed by atoms with van der Waals surface area (Å²) in [4.78, 5) is 28.3. The van der Waals surface area contributed by atoms with Crippen molar-refractivity contribution in [3.63, 3.8) is 0 Å². The Morgan fingerprint density at radius 2 is 1.79 bits per heavy atom. The number of carbonyl (C=O) groups excluding carboxylic acids is 2. The third-order valence-corrected chi connectivity index (χ3v) is 4.94. The van der Waals surface area contributed by atoms with E-state index >= 15 is 0 Å². The Hall–Kier alpha value is -2.92. The van der Waals surface area contributed by atoms with Crippen LogP contribution in [-0.4, -0.2) is 54.8 Å². The summed E-state index contributed by atoms with van der Waals surface area (Å²) in [5.74, 6) is -0.236. The van der Waals surface area contributed by atoms with Crippen LogP contribution in [0.4, 0.5) is 5.69 Å². The molecular formula is C23H27N3O2. The summed E-state index contributed by atoms with van der Waals surface area (Å²) in [5.41, 5.74) is 4.45. The molecule has 5 nitrogen and oxygen atoms in total. The lowest BCUT2D eigenvalue weighted by Crippen LogP contribution is -2.42. The van der Waals surface area contributed by atoms with Crippen LogP contribution < -0.4 is 5.32 Å². The minimum atomic E-state index is -0.190. The van der Waals surface area contributed by atoms with Crippen LogP contribution in [0.5, 0.6) is 0 Å². The van der Waals surface area contributed by atoms with E-state index in [4.69, 9.17) is 0 Å². The van der Waals surface area contributed by atoms with Crippen molar-refractivity contribution in [1.29, 1.82) is 0 Å². The first-order chi connectivity index (χ1) is 13.5. The Bertz CT molecular complexity index is 844. The maximum atomic E-state index is 12.5. The highest BCUT2D eigenvalue weighted by molar-refractivity contribution is 5.94. The molecule has 0 spiro atoms. The largest absolute Gasteiger partial charge is 0.335 e. The van der Waals surface area contributed by atoms with Gasteiger partial charge in [0, 0.05) is 25.8 Å². The van der Waals surface area contributed by atoms with E-state index in [0.717, 1.165) is 30.8 Å². The zero-order chi connectivity index (χ0) is 19.9. The second-order valence-electron chi connectivity index (χ2n) is 7.24. The van der Waals surface area contributed by atoms with E-state index in [0.29, 0.717) is 6.54 Å². The first-order valence-corrected chi connectivity index (χ1v) is 9.58. The van der Waals surface area contributed by atoms with E-state index in [9.17, 15) is 9.59 Å². The van der Waals surface area contributed by atoms with Crippen molar-refractivity contribution in [2.24, 2.45) is 0 Å². The Balaban J connectivity index is 1.46. The molecule has 1 heterocycles. The number of nitrogens with zero attached hydrogens (tertiary/aromatic N) is 2. The molecule has 1 aliphatic rings. The molecule has 2 amide bonds. The number of anilines is 1. The topological polar surface area (TPSA) is 52.7 Å². The van der Waals surface area contributed by atoms with Crippen LogP contribution in [0.3, 0.4) is 0 Å². The van der Waals surface area contributed by atoms with E-state index in [-0.39, 0.29) is 18.4 Å². The molecule has 0 aromatic heterocycles. The summed E-state index contributed by atoms with van der Waals surface area (Å²) < 4.78 is 0. The average Bonchev–Trinajstić information content (AvgIpc) is 2.71. The van der Waals surface area contributed by atoms with Gasteiger partial charge in [0.05, 0.1) is 13.1 Å². The van der Waals surface area contributed by atoms with Crippen molar-refractivity contribution in [3.8, 4) is 0 Å².